The molecule has 1 unspecified atom stereocenters. The Hall–Kier alpha value is -2.83. The number of carbonyl (C=O) groups is 1. The van der Waals surface area contributed by atoms with Crippen molar-refractivity contribution in [2.24, 2.45) is 0 Å². The highest BCUT2D eigenvalue weighted by atomic mass is 19.3. The lowest BCUT2D eigenvalue weighted by Crippen LogP contribution is -2.44. The first kappa shape index (κ1) is 18.9. The van der Waals surface area contributed by atoms with Crippen LogP contribution in [0.5, 0.6) is 11.5 Å². The van der Waals surface area contributed by atoms with Crippen LogP contribution in [-0.4, -0.2) is 32.2 Å². The number of methoxy groups -OCH3 is 1. The van der Waals surface area contributed by atoms with Crippen LogP contribution in [0, 0.1) is 0 Å². The van der Waals surface area contributed by atoms with E-state index in [0.29, 0.717) is 12.2 Å². The van der Waals surface area contributed by atoms with Gasteiger partial charge >= 0.3 is 6.61 Å². The zero-order valence-corrected chi connectivity index (χ0v) is 15.2. The molecule has 27 heavy (non-hydrogen) atoms. The fourth-order valence-corrected chi connectivity index (χ4v) is 3.26. The largest absolute Gasteiger partial charge is 0.493 e. The van der Waals surface area contributed by atoms with Crippen molar-refractivity contribution in [2.75, 3.05) is 23.9 Å². The molecule has 1 aliphatic rings. The lowest BCUT2D eigenvalue weighted by Gasteiger charge is -2.32. The molecule has 0 saturated carbocycles. The van der Waals surface area contributed by atoms with Crippen LogP contribution in [0.25, 0.3) is 0 Å². The summed E-state index contributed by atoms with van der Waals surface area (Å²) in [7, 11) is 1.38. The molecule has 3 rings (SSSR count). The highest BCUT2D eigenvalue weighted by molar-refractivity contribution is 5.99. The van der Waals surface area contributed by atoms with Gasteiger partial charge < -0.3 is 19.7 Å². The zero-order chi connectivity index (χ0) is 19.4. The van der Waals surface area contributed by atoms with Gasteiger partial charge in [0.05, 0.1) is 7.11 Å². The molecule has 2 aromatic carbocycles. The molecule has 0 bridgehead atoms. The van der Waals surface area contributed by atoms with Crippen LogP contribution >= 0.6 is 0 Å². The Balaban J connectivity index is 1.76. The first-order valence-electron chi connectivity index (χ1n) is 8.78. The summed E-state index contributed by atoms with van der Waals surface area (Å²) in [5.74, 6) is 0.0413. The average Bonchev–Trinajstić information content (AvgIpc) is 2.66. The number of hydrogen-bond donors (Lipinski definition) is 1. The Bertz CT molecular complexity index is 814. The zero-order valence-electron chi connectivity index (χ0n) is 15.2. The third-order valence-corrected chi connectivity index (χ3v) is 4.51. The van der Waals surface area contributed by atoms with Gasteiger partial charge in [0.15, 0.2) is 11.5 Å². The Labute approximate surface area is 156 Å². The number of carbonyl (C=O) groups excluding carboxylic acids is 1. The van der Waals surface area contributed by atoms with Gasteiger partial charge in [0.25, 0.3) is 0 Å². The number of ether oxygens (including phenoxy) is 2. The Morgan fingerprint density at radius 1 is 1.19 bits per heavy atom. The molecule has 5 nitrogen and oxygen atoms in total. The van der Waals surface area contributed by atoms with Gasteiger partial charge in [0.1, 0.15) is 6.04 Å². The molecule has 144 valence electrons. The number of alkyl halides is 2. The molecule has 2 aromatic rings. The van der Waals surface area contributed by atoms with Crippen LogP contribution in [-0.2, 0) is 11.2 Å². The second kappa shape index (κ2) is 8.24. The number of rotatable bonds is 6. The minimum absolute atomic E-state index is 0.0747. The van der Waals surface area contributed by atoms with Crippen LogP contribution in [0.2, 0.25) is 0 Å². The number of nitrogens with one attached hydrogen (secondary N) is 1. The number of fused-ring (bicyclic) bond motifs is 1. The molecule has 1 atom stereocenters. The molecule has 1 amide bonds. The summed E-state index contributed by atoms with van der Waals surface area (Å²) in [6.45, 7) is -0.556. The summed E-state index contributed by atoms with van der Waals surface area (Å²) in [6.07, 6.45) is 1.86. The van der Waals surface area contributed by atoms with E-state index in [1.54, 1.807) is 17.9 Å². The lowest BCUT2D eigenvalue weighted by molar-refractivity contribution is -0.119. The Morgan fingerprint density at radius 3 is 2.70 bits per heavy atom. The van der Waals surface area contributed by atoms with Gasteiger partial charge in [-0.25, -0.2) is 0 Å². The van der Waals surface area contributed by atoms with Gasteiger partial charge in [-0.3, -0.25) is 4.79 Å². The van der Waals surface area contributed by atoms with Crippen molar-refractivity contribution in [2.45, 2.75) is 32.4 Å². The van der Waals surface area contributed by atoms with Crippen LogP contribution in [0.15, 0.2) is 42.5 Å². The van der Waals surface area contributed by atoms with Crippen molar-refractivity contribution in [3.05, 3.63) is 48.0 Å². The fraction of sp³-hybridized carbons (Fsp3) is 0.350. The normalized spacial score (nSPS) is 14.5. The molecule has 0 aliphatic carbocycles. The molecule has 0 aromatic heterocycles. The van der Waals surface area contributed by atoms with E-state index in [0.717, 1.165) is 24.1 Å². The van der Waals surface area contributed by atoms with Gasteiger partial charge in [0, 0.05) is 24.0 Å². The molecule has 0 saturated heterocycles. The number of anilines is 2. The van der Waals surface area contributed by atoms with E-state index in [2.05, 4.69) is 10.1 Å². The van der Waals surface area contributed by atoms with Crippen LogP contribution in [0.1, 0.15) is 18.9 Å². The van der Waals surface area contributed by atoms with Crippen molar-refractivity contribution < 1.29 is 23.0 Å². The van der Waals surface area contributed by atoms with Gasteiger partial charge in [-0.15, -0.1) is 0 Å². The van der Waals surface area contributed by atoms with Gasteiger partial charge in [-0.05, 0) is 43.5 Å². The summed E-state index contributed by atoms with van der Waals surface area (Å²) in [4.78, 5) is 14.7. The van der Waals surface area contributed by atoms with Crippen molar-refractivity contribution >= 4 is 17.3 Å². The van der Waals surface area contributed by atoms with Crippen LogP contribution < -0.4 is 19.7 Å². The molecular weight excluding hydrogens is 354 g/mol. The molecule has 0 spiro atoms. The first-order chi connectivity index (χ1) is 13.0. The molecule has 0 fully saturated rings. The van der Waals surface area contributed by atoms with Crippen molar-refractivity contribution in [1.82, 2.24) is 0 Å². The monoisotopic (exact) mass is 376 g/mol. The topological polar surface area (TPSA) is 50.8 Å². The minimum atomic E-state index is -2.96. The van der Waals surface area contributed by atoms with Gasteiger partial charge in [0.2, 0.25) is 5.91 Å². The van der Waals surface area contributed by atoms with E-state index in [1.807, 2.05) is 24.3 Å². The maximum atomic E-state index is 12.9. The van der Waals surface area contributed by atoms with E-state index in [1.165, 1.54) is 19.2 Å². The number of benzene rings is 2. The summed E-state index contributed by atoms with van der Waals surface area (Å²) in [5.41, 5.74) is 2.58. The van der Waals surface area contributed by atoms with Crippen LogP contribution in [0.4, 0.5) is 20.2 Å². The number of para-hydroxylation sites is 1. The molecular formula is C20H22F2N2O3. The smallest absolute Gasteiger partial charge is 0.387 e. The molecule has 7 heteroatoms. The number of nitrogens with zero attached hydrogens (tertiary/aromatic N) is 1. The fourth-order valence-electron chi connectivity index (χ4n) is 3.26. The molecule has 1 N–H and O–H groups in total. The average molecular weight is 376 g/mol. The SMILES string of the molecule is COc1ccc(NC(C)C(=O)N2CCCc3ccccc32)cc1OC(F)F. The lowest BCUT2D eigenvalue weighted by atomic mass is 10.0. The minimum Gasteiger partial charge on any atom is -0.493 e. The summed E-state index contributed by atoms with van der Waals surface area (Å²) >= 11 is 0. The van der Waals surface area contributed by atoms with E-state index < -0.39 is 12.7 Å². The maximum absolute atomic E-state index is 12.9. The Kier molecular flexibility index (Phi) is 5.78. The third-order valence-electron chi connectivity index (χ3n) is 4.51. The molecule has 1 aliphatic heterocycles. The highest BCUT2D eigenvalue weighted by Gasteiger charge is 2.26. The molecule has 1 heterocycles. The van der Waals surface area contributed by atoms with Crippen molar-refractivity contribution in [1.29, 1.82) is 0 Å². The van der Waals surface area contributed by atoms with E-state index in [9.17, 15) is 13.6 Å². The predicted octanol–water partition coefficient (Wildman–Crippen LogP) is 4.08. The highest BCUT2D eigenvalue weighted by Crippen LogP contribution is 2.32. The second-order valence-corrected chi connectivity index (χ2v) is 6.33. The van der Waals surface area contributed by atoms with Crippen molar-refractivity contribution in [3.63, 3.8) is 0 Å². The summed E-state index contributed by atoms with van der Waals surface area (Å²) in [5, 5.41) is 3.06. The van der Waals surface area contributed by atoms with E-state index >= 15 is 0 Å². The standard InChI is InChI=1S/C20H22F2N2O3/c1-13(19(25)24-11-5-7-14-6-3-4-8-16(14)24)23-15-9-10-17(26-2)18(12-15)27-20(21)22/h3-4,6,8-10,12-13,20,23H,5,7,11H2,1-2H3. The van der Waals surface area contributed by atoms with Crippen LogP contribution in [0.3, 0.4) is 0 Å². The summed E-state index contributed by atoms with van der Waals surface area (Å²) in [6, 6.07) is 11.9. The van der Waals surface area contributed by atoms with E-state index in [-0.39, 0.29) is 17.4 Å². The summed E-state index contributed by atoms with van der Waals surface area (Å²) < 4.78 is 34.7. The number of amides is 1. The molecule has 0 radical (unpaired) electrons. The Morgan fingerprint density at radius 2 is 1.96 bits per heavy atom. The third kappa shape index (κ3) is 4.30. The van der Waals surface area contributed by atoms with E-state index in [4.69, 9.17) is 4.74 Å². The maximum Gasteiger partial charge on any atom is 0.387 e. The second-order valence-electron chi connectivity index (χ2n) is 6.33. The number of aryl methyl sites for hydroxylation is 1. The number of halogens is 2. The van der Waals surface area contributed by atoms with Gasteiger partial charge in [-0.1, -0.05) is 18.2 Å². The first-order valence-corrected chi connectivity index (χ1v) is 8.78. The van der Waals surface area contributed by atoms with Gasteiger partial charge in [-0.2, -0.15) is 8.78 Å². The predicted molar refractivity (Wildman–Crippen MR) is 99.8 cm³/mol. The quantitative estimate of drug-likeness (QED) is 0.826. The number of hydrogen-bond acceptors (Lipinski definition) is 4. The van der Waals surface area contributed by atoms with Crippen molar-refractivity contribution in [3.8, 4) is 11.5 Å².